The predicted molar refractivity (Wildman–Crippen MR) is 89.5 cm³/mol. The summed E-state index contributed by atoms with van der Waals surface area (Å²) in [6.07, 6.45) is 3.65. The largest absolute Gasteiger partial charge is 0.329 e. The second-order valence-electron chi connectivity index (χ2n) is 5.59. The number of anilines is 1. The second-order valence-corrected chi connectivity index (χ2v) is 5.59. The summed E-state index contributed by atoms with van der Waals surface area (Å²) in [5, 5.41) is 2.75. The Bertz CT molecular complexity index is 926. The van der Waals surface area contributed by atoms with Gasteiger partial charge in [-0.2, -0.15) is 0 Å². The number of carbonyl (C=O) groups excluding carboxylic acids is 2. The fourth-order valence-electron chi connectivity index (χ4n) is 2.85. The van der Waals surface area contributed by atoms with Crippen molar-refractivity contribution in [1.82, 2.24) is 15.3 Å². The van der Waals surface area contributed by atoms with Crippen molar-refractivity contribution < 1.29 is 9.59 Å². The van der Waals surface area contributed by atoms with Gasteiger partial charge in [-0.3, -0.25) is 14.8 Å². The van der Waals surface area contributed by atoms with Crippen molar-refractivity contribution in [2.75, 3.05) is 4.90 Å². The molecular weight excluding hydrogens is 304 g/mol. The van der Waals surface area contributed by atoms with Crippen molar-refractivity contribution in [2.24, 2.45) is 0 Å². The molecule has 2 aromatic carbocycles. The Morgan fingerprint density at radius 2 is 1.71 bits per heavy atom. The van der Waals surface area contributed by atoms with E-state index in [1.54, 1.807) is 30.6 Å². The Labute approximate surface area is 138 Å². The molecule has 1 saturated heterocycles. The summed E-state index contributed by atoms with van der Waals surface area (Å²) < 4.78 is 0. The summed E-state index contributed by atoms with van der Waals surface area (Å²) in [5.74, 6) is -0.257. The van der Waals surface area contributed by atoms with Crippen LogP contribution in [0.3, 0.4) is 0 Å². The Morgan fingerprint density at radius 3 is 2.50 bits per heavy atom. The van der Waals surface area contributed by atoms with Crippen LogP contribution in [0.2, 0.25) is 0 Å². The van der Waals surface area contributed by atoms with Gasteiger partial charge in [-0.05, 0) is 23.8 Å². The number of urea groups is 1. The molecule has 0 bridgehead atoms. The van der Waals surface area contributed by atoms with E-state index >= 15 is 0 Å². The summed E-state index contributed by atoms with van der Waals surface area (Å²) in [7, 11) is 0. The van der Waals surface area contributed by atoms with Crippen LogP contribution in [0.15, 0.2) is 60.9 Å². The molecule has 1 aliphatic heterocycles. The lowest BCUT2D eigenvalue weighted by Crippen LogP contribution is -2.32. The topological polar surface area (TPSA) is 75.2 Å². The van der Waals surface area contributed by atoms with Crippen LogP contribution in [-0.2, 0) is 11.2 Å². The number of rotatable bonds is 3. The lowest BCUT2D eigenvalue weighted by Gasteiger charge is -2.13. The highest BCUT2D eigenvalue weighted by molar-refractivity contribution is 6.21. The zero-order valence-electron chi connectivity index (χ0n) is 12.7. The number of imide groups is 1. The van der Waals surface area contributed by atoms with Crippen LogP contribution in [0.25, 0.3) is 11.0 Å². The van der Waals surface area contributed by atoms with Gasteiger partial charge in [0.05, 0.1) is 16.7 Å². The first-order valence-corrected chi connectivity index (χ1v) is 7.61. The molecule has 1 atom stereocenters. The van der Waals surface area contributed by atoms with Gasteiger partial charge in [-0.25, -0.2) is 9.69 Å². The number of nitrogens with one attached hydrogen (secondary N) is 1. The minimum absolute atomic E-state index is 0.257. The van der Waals surface area contributed by atoms with Gasteiger partial charge in [0.15, 0.2) is 0 Å². The third-order valence-electron chi connectivity index (χ3n) is 4.01. The Kier molecular flexibility index (Phi) is 3.42. The van der Waals surface area contributed by atoms with Crippen molar-refractivity contribution >= 4 is 28.7 Å². The van der Waals surface area contributed by atoms with Gasteiger partial charge in [0.1, 0.15) is 6.04 Å². The molecule has 0 radical (unpaired) electrons. The zero-order valence-corrected chi connectivity index (χ0v) is 12.7. The molecule has 1 unspecified atom stereocenters. The van der Waals surface area contributed by atoms with Gasteiger partial charge in [0.25, 0.3) is 5.91 Å². The summed E-state index contributed by atoms with van der Waals surface area (Å²) in [6, 6.07) is 13.8. The van der Waals surface area contributed by atoms with Gasteiger partial charge in [0, 0.05) is 18.8 Å². The fourth-order valence-corrected chi connectivity index (χ4v) is 2.85. The SMILES string of the molecule is O=C1NC(Cc2ccccc2)C(=O)N1c1ccc2nccnc2c1. The summed E-state index contributed by atoms with van der Waals surface area (Å²) in [5.41, 5.74) is 2.86. The summed E-state index contributed by atoms with van der Waals surface area (Å²) in [6.45, 7) is 0. The molecule has 6 nitrogen and oxygen atoms in total. The number of hydrogen-bond donors (Lipinski definition) is 1. The smallest absolute Gasteiger partial charge is 0.325 e. The lowest BCUT2D eigenvalue weighted by molar-refractivity contribution is -0.118. The quantitative estimate of drug-likeness (QED) is 0.752. The van der Waals surface area contributed by atoms with Crippen LogP contribution in [0.4, 0.5) is 10.5 Å². The molecular formula is C18H14N4O2. The minimum atomic E-state index is -0.558. The van der Waals surface area contributed by atoms with Gasteiger partial charge >= 0.3 is 6.03 Å². The van der Waals surface area contributed by atoms with Crippen molar-refractivity contribution in [1.29, 1.82) is 0 Å². The molecule has 6 heteroatoms. The third kappa shape index (κ3) is 2.48. The molecule has 0 aliphatic carbocycles. The molecule has 3 amide bonds. The molecule has 1 N–H and O–H groups in total. The van der Waals surface area contributed by atoms with Crippen LogP contribution >= 0.6 is 0 Å². The van der Waals surface area contributed by atoms with Crippen LogP contribution in [-0.4, -0.2) is 27.9 Å². The van der Waals surface area contributed by atoms with E-state index in [0.717, 1.165) is 5.56 Å². The molecule has 0 saturated carbocycles. The van der Waals surface area contributed by atoms with Crippen molar-refractivity contribution in [2.45, 2.75) is 12.5 Å². The Balaban J connectivity index is 1.63. The molecule has 1 aliphatic rings. The van der Waals surface area contributed by atoms with Crippen molar-refractivity contribution in [3.8, 4) is 0 Å². The highest BCUT2D eigenvalue weighted by Crippen LogP contribution is 2.24. The van der Waals surface area contributed by atoms with E-state index in [9.17, 15) is 9.59 Å². The summed E-state index contributed by atoms with van der Waals surface area (Å²) in [4.78, 5) is 34.5. The van der Waals surface area contributed by atoms with Crippen molar-refractivity contribution in [3.63, 3.8) is 0 Å². The minimum Gasteiger partial charge on any atom is -0.325 e. The second kappa shape index (κ2) is 5.73. The maximum absolute atomic E-state index is 12.7. The first-order chi connectivity index (χ1) is 11.7. The number of carbonyl (C=O) groups is 2. The fraction of sp³-hybridized carbons (Fsp3) is 0.111. The number of benzene rings is 2. The van der Waals surface area contributed by atoms with E-state index in [-0.39, 0.29) is 5.91 Å². The van der Waals surface area contributed by atoms with Gasteiger partial charge in [-0.15, -0.1) is 0 Å². The first-order valence-electron chi connectivity index (χ1n) is 7.61. The van der Waals surface area contributed by atoms with Crippen LogP contribution in [0, 0.1) is 0 Å². The molecule has 4 rings (SSSR count). The van der Waals surface area contributed by atoms with Crippen LogP contribution < -0.4 is 10.2 Å². The molecule has 3 aromatic rings. The normalized spacial score (nSPS) is 17.3. The highest BCUT2D eigenvalue weighted by atomic mass is 16.2. The first kappa shape index (κ1) is 14.3. The molecule has 1 aromatic heterocycles. The van der Waals surface area contributed by atoms with Crippen molar-refractivity contribution in [3.05, 3.63) is 66.5 Å². The Hall–Kier alpha value is -3.28. The van der Waals surface area contributed by atoms with Gasteiger partial charge in [0.2, 0.25) is 0 Å². The maximum Gasteiger partial charge on any atom is 0.329 e. The van der Waals surface area contributed by atoms with Gasteiger partial charge in [-0.1, -0.05) is 30.3 Å². The predicted octanol–water partition coefficient (Wildman–Crippen LogP) is 2.30. The highest BCUT2D eigenvalue weighted by Gasteiger charge is 2.39. The molecule has 118 valence electrons. The lowest BCUT2D eigenvalue weighted by atomic mass is 10.1. The number of amides is 3. The Morgan fingerprint density at radius 1 is 0.958 bits per heavy atom. The number of aromatic nitrogens is 2. The third-order valence-corrected chi connectivity index (χ3v) is 4.01. The average Bonchev–Trinajstić information content (AvgIpc) is 2.89. The van der Waals surface area contributed by atoms with Crippen LogP contribution in [0.1, 0.15) is 5.56 Å². The van der Waals surface area contributed by atoms with E-state index in [4.69, 9.17) is 0 Å². The summed E-state index contributed by atoms with van der Waals surface area (Å²) >= 11 is 0. The molecule has 24 heavy (non-hydrogen) atoms. The van der Waals surface area contributed by atoms with Crippen LogP contribution in [0.5, 0.6) is 0 Å². The zero-order chi connectivity index (χ0) is 16.5. The standard InChI is InChI=1S/C18H14N4O2/c23-17-16(10-12-4-2-1-3-5-12)21-18(24)22(17)13-6-7-14-15(11-13)20-9-8-19-14/h1-9,11,16H,10H2,(H,21,24). The maximum atomic E-state index is 12.7. The van der Waals surface area contributed by atoms with Gasteiger partial charge < -0.3 is 5.32 Å². The number of hydrogen-bond acceptors (Lipinski definition) is 4. The van der Waals surface area contributed by atoms with E-state index in [0.29, 0.717) is 23.1 Å². The molecule has 0 spiro atoms. The monoisotopic (exact) mass is 318 g/mol. The molecule has 1 fully saturated rings. The number of fused-ring (bicyclic) bond motifs is 1. The average molecular weight is 318 g/mol. The van der Waals surface area contributed by atoms with E-state index in [1.807, 2.05) is 30.3 Å². The van der Waals surface area contributed by atoms with E-state index in [1.165, 1.54) is 4.90 Å². The number of nitrogens with zero attached hydrogens (tertiary/aromatic N) is 3. The van der Waals surface area contributed by atoms with E-state index < -0.39 is 12.1 Å². The molecule has 2 heterocycles. The van der Waals surface area contributed by atoms with E-state index in [2.05, 4.69) is 15.3 Å².